The summed E-state index contributed by atoms with van der Waals surface area (Å²) < 4.78 is 0. The minimum Gasteiger partial charge on any atom is -0.352 e. The van der Waals surface area contributed by atoms with Gasteiger partial charge in [0.15, 0.2) is 5.78 Å². The largest absolute Gasteiger partial charge is 0.352 e. The van der Waals surface area contributed by atoms with E-state index in [9.17, 15) is 14.4 Å². The minimum absolute atomic E-state index is 0.115. The van der Waals surface area contributed by atoms with E-state index >= 15 is 0 Å². The third-order valence-corrected chi connectivity index (χ3v) is 3.46. The van der Waals surface area contributed by atoms with Crippen molar-refractivity contribution in [1.82, 2.24) is 10.6 Å². The molecule has 1 fully saturated rings. The van der Waals surface area contributed by atoms with Gasteiger partial charge in [0, 0.05) is 6.54 Å². The third-order valence-electron chi connectivity index (χ3n) is 3.46. The van der Waals surface area contributed by atoms with Crippen LogP contribution in [0.15, 0.2) is 0 Å². The van der Waals surface area contributed by atoms with Gasteiger partial charge in [-0.15, -0.1) is 0 Å². The minimum atomic E-state index is -0.806. The van der Waals surface area contributed by atoms with Gasteiger partial charge < -0.3 is 22.1 Å². The zero-order valence-electron chi connectivity index (χ0n) is 11.2. The Morgan fingerprint density at radius 1 is 1.32 bits per heavy atom. The average Bonchev–Trinajstić information content (AvgIpc) is 2.28. The molecular formula is C12H22N4O3. The first-order valence-electron chi connectivity index (χ1n) is 6.49. The Balaban J connectivity index is 2.38. The van der Waals surface area contributed by atoms with Crippen molar-refractivity contribution in [2.24, 2.45) is 11.5 Å². The lowest BCUT2D eigenvalue weighted by atomic mass is 9.77. The smallest absolute Gasteiger partial charge is 0.312 e. The fourth-order valence-electron chi connectivity index (χ4n) is 1.98. The van der Waals surface area contributed by atoms with Crippen LogP contribution in [0.4, 0.5) is 4.79 Å². The lowest BCUT2D eigenvalue weighted by Crippen LogP contribution is -2.61. The molecule has 0 radical (unpaired) electrons. The second-order valence-corrected chi connectivity index (χ2v) is 5.08. The number of hydrogen-bond acceptors (Lipinski definition) is 4. The van der Waals surface area contributed by atoms with Gasteiger partial charge in [-0.1, -0.05) is 0 Å². The molecule has 0 aromatic heterocycles. The number of hydrogen-bond donors (Lipinski definition) is 4. The van der Waals surface area contributed by atoms with E-state index in [0.29, 0.717) is 32.2 Å². The predicted molar refractivity (Wildman–Crippen MR) is 70.2 cm³/mol. The molecule has 0 spiro atoms. The first kappa shape index (κ1) is 15.4. The number of nitrogens with two attached hydrogens (primary N) is 2. The van der Waals surface area contributed by atoms with Gasteiger partial charge in [-0.25, -0.2) is 4.79 Å². The zero-order chi connectivity index (χ0) is 14.5. The Bertz CT molecular complexity index is 366. The fraction of sp³-hybridized carbons (Fsp3) is 0.750. The van der Waals surface area contributed by atoms with Gasteiger partial charge in [0.1, 0.15) is 0 Å². The maximum Gasteiger partial charge on any atom is 0.312 e. The number of rotatable bonds is 7. The normalized spacial score (nSPS) is 18.0. The first-order chi connectivity index (χ1) is 8.85. The molecule has 19 heavy (non-hydrogen) atoms. The molecule has 0 bridgehead atoms. The van der Waals surface area contributed by atoms with E-state index in [2.05, 4.69) is 10.6 Å². The summed E-state index contributed by atoms with van der Waals surface area (Å²) in [7, 11) is 0. The van der Waals surface area contributed by atoms with E-state index in [-0.39, 0.29) is 11.7 Å². The van der Waals surface area contributed by atoms with Gasteiger partial charge in [-0.05, 0) is 39.0 Å². The van der Waals surface area contributed by atoms with Gasteiger partial charge in [0.05, 0.1) is 11.6 Å². The Morgan fingerprint density at radius 2 is 1.95 bits per heavy atom. The molecular weight excluding hydrogens is 248 g/mol. The van der Waals surface area contributed by atoms with E-state index in [1.54, 1.807) is 0 Å². The van der Waals surface area contributed by atoms with E-state index in [0.717, 1.165) is 6.42 Å². The van der Waals surface area contributed by atoms with Gasteiger partial charge in [-0.3, -0.25) is 9.59 Å². The van der Waals surface area contributed by atoms with Crippen molar-refractivity contribution in [3.8, 4) is 0 Å². The van der Waals surface area contributed by atoms with Crippen LogP contribution in [0.2, 0.25) is 0 Å². The molecule has 0 aromatic carbocycles. The SMILES string of the molecule is CC(=O)C(CCCNC(N)=O)NC(=O)C1(N)CCC1. The van der Waals surface area contributed by atoms with Crippen molar-refractivity contribution < 1.29 is 14.4 Å². The highest BCUT2D eigenvalue weighted by Gasteiger charge is 2.41. The molecule has 1 aliphatic carbocycles. The molecule has 1 unspecified atom stereocenters. The summed E-state index contributed by atoms with van der Waals surface area (Å²) >= 11 is 0. The van der Waals surface area contributed by atoms with Crippen molar-refractivity contribution in [1.29, 1.82) is 0 Å². The topological polar surface area (TPSA) is 127 Å². The Labute approximate surface area is 112 Å². The number of carbonyl (C=O) groups excluding carboxylic acids is 3. The molecule has 7 nitrogen and oxygen atoms in total. The number of urea groups is 1. The Hall–Kier alpha value is -1.63. The quantitative estimate of drug-likeness (QED) is 0.460. The third kappa shape index (κ3) is 4.51. The van der Waals surface area contributed by atoms with Crippen molar-refractivity contribution >= 4 is 17.7 Å². The molecule has 1 rings (SSSR count). The fourth-order valence-corrected chi connectivity index (χ4v) is 1.98. The maximum absolute atomic E-state index is 11.9. The molecule has 1 saturated carbocycles. The van der Waals surface area contributed by atoms with Crippen molar-refractivity contribution in [2.45, 2.75) is 50.6 Å². The van der Waals surface area contributed by atoms with Crippen LogP contribution in [0.1, 0.15) is 39.0 Å². The number of Topliss-reactive ketones (excluding diaryl/α,β-unsaturated/α-hetero) is 1. The molecule has 0 heterocycles. The zero-order valence-corrected chi connectivity index (χ0v) is 11.2. The summed E-state index contributed by atoms with van der Waals surface area (Å²) in [5, 5.41) is 5.13. The molecule has 1 aliphatic rings. The number of ketones is 1. The van der Waals surface area contributed by atoms with Crippen LogP contribution >= 0.6 is 0 Å². The van der Waals surface area contributed by atoms with Crippen LogP contribution in [0.5, 0.6) is 0 Å². The Kier molecular flexibility index (Phi) is 5.29. The van der Waals surface area contributed by atoms with E-state index in [1.165, 1.54) is 6.92 Å². The molecule has 1 atom stereocenters. The van der Waals surface area contributed by atoms with Crippen LogP contribution < -0.4 is 22.1 Å². The van der Waals surface area contributed by atoms with Crippen LogP contribution in [0, 0.1) is 0 Å². The first-order valence-corrected chi connectivity index (χ1v) is 6.49. The number of nitrogens with one attached hydrogen (secondary N) is 2. The summed E-state index contributed by atoms with van der Waals surface area (Å²) in [6.45, 7) is 1.80. The second-order valence-electron chi connectivity index (χ2n) is 5.08. The second kappa shape index (κ2) is 6.51. The molecule has 108 valence electrons. The van der Waals surface area contributed by atoms with Gasteiger partial charge in [-0.2, -0.15) is 0 Å². The summed E-state index contributed by atoms with van der Waals surface area (Å²) in [6.07, 6.45) is 3.28. The van der Waals surface area contributed by atoms with Crippen molar-refractivity contribution in [3.05, 3.63) is 0 Å². The van der Waals surface area contributed by atoms with Crippen LogP contribution in [0.25, 0.3) is 0 Å². The van der Waals surface area contributed by atoms with E-state index < -0.39 is 17.6 Å². The molecule has 0 aliphatic heterocycles. The van der Waals surface area contributed by atoms with Gasteiger partial charge >= 0.3 is 6.03 Å². The molecule has 0 aromatic rings. The summed E-state index contributed by atoms with van der Waals surface area (Å²) in [5.41, 5.74) is 10.0. The van der Waals surface area contributed by atoms with Gasteiger partial charge in [0.25, 0.3) is 0 Å². The molecule has 6 N–H and O–H groups in total. The van der Waals surface area contributed by atoms with Crippen LogP contribution in [-0.4, -0.2) is 35.8 Å². The monoisotopic (exact) mass is 270 g/mol. The highest BCUT2D eigenvalue weighted by Crippen LogP contribution is 2.29. The summed E-state index contributed by atoms with van der Waals surface area (Å²) in [6, 6.07) is -1.15. The highest BCUT2D eigenvalue weighted by atomic mass is 16.2. The van der Waals surface area contributed by atoms with E-state index in [4.69, 9.17) is 11.5 Å². The highest BCUT2D eigenvalue weighted by molar-refractivity contribution is 5.92. The number of primary amides is 1. The van der Waals surface area contributed by atoms with Crippen LogP contribution in [0.3, 0.4) is 0 Å². The van der Waals surface area contributed by atoms with Crippen LogP contribution in [-0.2, 0) is 9.59 Å². The summed E-state index contributed by atoms with van der Waals surface area (Å²) in [5.74, 6) is -0.378. The van der Waals surface area contributed by atoms with Crippen molar-refractivity contribution in [3.63, 3.8) is 0 Å². The standard InChI is InChI=1S/C12H22N4O3/c1-8(17)9(4-2-7-15-11(13)19)16-10(18)12(14)5-3-6-12/h9H,2-7,14H2,1H3,(H,16,18)(H3,13,15,19). The molecule has 0 saturated heterocycles. The lowest BCUT2D eigenvalue weighted by Gasteiger charge is -2.37. The predicted octanol–water partition coefficient (Wildman–Crippen LogP) is -0.610. The Morgan fingerprint density at radius 3 is 2.37 bits per heavy atom. The number of carbonyl (C=O) groups is 3. The van der Waals surface area contributed by atoms with Gasteiger partial charge in [0.2, 0.25) is 5.91 Å². The number of amides is 3. The average molecular weight is 270 g/mol. The molecule has 3 amide bonds. The van der Waals surface area contributed by atoms with Crippen molar-refractivity contribution in [2.75, 3.05) is 6.54 Å². The summed E-state index contributed by atoms with van der Waals surface area (Å²) in [4.78, 5) is 33.9. The molecule has 7 heteroatoms. The lowest BCUT2D eigenvalue weighted by molar-refractivity contribution is -0.133. The maximum atomic E-state index is 11.9. The van der Waals surface area contributed by atoms with E-state index in [1.807, 2.05) is 0 Å².